The number of nitrogens with one attached hydrogen (secondary N) is 2. The monoisotopic (exact) mass is 530 g/mol. The molecule has 0 aromatic heterocycles. The van der Waals surface area contributed by atoms with Crippen LogP contribution >= 0.6 is 0 Å². The molecule has 2 aliphatic heterocycles. The molecule has 0 bridgehead atoms. The minimum Gasteiger partial charge on any atom is -0.392 e. The molecule has 4 aromatic carbocycles. The quantitative estimate of drug-likeness (QED) is 0.215. The van der Waals surface area contributed by atoms with E-state index in [1.54, 1.807) is 0 Å². The van der Waals surface area contributed by atoms with Crippen LogP contribution in [0.3, 0.4) is 0 Å². The summed E-state index contributed by atoms with van der Waals surface area (Å²) in [5.74, 6) is -0.647. The third-order valence-electron chi connectivity index (χ3n) is 10.1. The third-order valence-corrected chi connectivity index (χ3v) is 10.1. The molecule has 204 valence electrons. The highest BCUT2D eigenvalue weighted by molar-refractivity contribution is 5.95. The molecule has 0 radical (unpaired) electrons. The van der Waals surface area contributed by atoms with Crippen LogP contribution in [-0.2, 0) is 10.8 Å². The first-order valence-electron chi connectivity index (χ1n) is 14.4. The van der Waals surface area contributed by atoms with Gasteiger partial charge >= 0.3 is 0 Å². The molecule has 0 spiro atoms. The zero-order chi connectivity index (χ0) is 28.1. The molecule has 0 unspecified atom stereocenters. The molecule has 3 aliphatic rings. The molecule has 0 saturated heterocycles. The average Bonchev–Trinajstić information content (AvgIpc) is 3.37. The molecule has 7 rings (SSSR count). The van der Waals surface area contributed by atoms with Gasteiger partial charge in [0.25, 0.3) is 0 Å². The molecule has 4 nitrogen and oxygen atoms in total. The van der Waals surface area contributed by atoms with Crippen molar-refractivity contribution in [3.05, 3.63) is 106 Å². The van der Waals surface area contributed by atoms with Crippen molar-refractivity contribution in [2.75, 3.05) is 10.6 Å². The number of hydrogen-bond donors (Lipinski definition) is 4. The maximum atomic E-state index is 11.6. The van der Waals surface area contributed by atoms with Gasteiger partial charge in [-0.3, -0.25) is 0 Å². The van der Waals surface area contributed by atoms with Crippen LogP contribution in [0.5, 0.6) is 0 Å². The first-order chi connectivity index (χ1) is 19.0. The Labute approximate surface area is 236 Å². The van der Waals surface area contributed by atoms with E-state index in [9.17, 15) is 10.2 Å². The Morgan fingerprint density at radius 3 is 1.35 bits per heavy atom. The van der Waals surface area contributed by atoms with Crippen LogP contribution in [0.2, 0.25) is 0 Å². The van der Waals surface area contributed by atoms with Crippen LogP contribution in [0.15, 0.2) is 95.3 Å². The van der Waals surface area contributed by atoms with Gasteiger partial charge in [-0.05, 0) is 69.8 Å². The highest BCUT2D eigenvalue weighted by atomic mass is 16.3. The summed E-state index contributed by atoms with van der Waals surface area (Å²) in [5, 5.41) is 35.6. The van der Waals surface area contributed by atoms with Gasteiger partial charge in [-0.2, -0.15) is 0 Å². The Bertz CT molecular complexity index is 1640. The molecule has 4 heteroatoms. The van der Waals surface area contributed by atoms with Crippen molar-refractivity contribution in [1.29, 1.82) is 0 Å². The summed E-state index contributed by atoms with van der Waals surface area (Å²) in [7, 11) is 0. The Morgan fingerprint density at radius 1 is 0.575 bits per heavy atom. The molecule has 4 aromatic rings. The van der Waals surface area contributed by atoms with Gasteiger partial charge in [0.05, 0.1) is 12.2 Å². The smallest absolute Gasteiger partial charge is 0.0722 e. The Balaban J connectivity index is 1.24. The molecular formula is C36H38N2O2. The lowest BCUT2D eigenvalue weighted by Gasteiger charge is -2.49. The van der Waals surface area contributed by atoms with Crippen LogP contribution < -0.4 is 10.6 Å². The summed E-state index contributed by atoms with van der Waals surface area (Å²) in [6, 6.07) is 25.6. The number of anilines is 2. The lowest BCUT2D eigenvalue weighted by Crippen LogP contribution is -2.57. The summed E-state index contributed by atoms with van der Waals surface area (Å²) in [4.78, 5) is 0. The van der Waals surface area contributed by atoms with Crippen molar-refractivity contribution in [1.82, 2.24) is 0 Å². The van der Waals surface area contributed by atoms with Crippen LogP contribution in [0.1, 0.15) is 52.7 Å². The van der Waals surface area contributed by atoms with Gasteiger partial charge in [-0.1, -0.05) is 88.4 Å². The van der Waals surface area contributed by atoms with Gasteiger partial charge in [-0.15, -0.1) is 0 Å². The second-order valence-corrected chi connectivity index (χ2v) is 13.1. The highest BCUT2D eigenvalue weighted by Crippen LogP contribution is 2.54. The van der Waals surface area contributed by atoms with E-state index in [1.807, 2.05) is 0 Å². The van der Waals surface area contributed by atoms with Crippen molar-refractivity contribution in [2.24, 2.45) is 11.8 Å². The maximum Gasteiger partial charge on any atom is 0.0722 e. The lowest BCUT2D eigenvalue weighted by atomic mass is 9.61. The number of rotatable bonds is 2. The number of allylic oxidation sites excluding steroid dienone is 2. The Morgan fingerprint density at radius 2 is 0.950 bits per heavy atom. The largest absolute Gasteiger partial charge is 0.392 e. The zero-order valence-corrected chi connectivity index (χ0v) is 24.1. The average molecular weight is 531 g/mol. The number of benzene rings is 4. The fourth-order valence-electron chi connectivity index (χ4n) is 8.18. The molecule has 40 heavy (non-hydrogen) atoms. The summed E-state index contributed by atoms with van der Waals surface area (Å²) < 4.78 is 0. The van der Waals surface area contributed by atoms with Crippen LogP contribution in [0, 0.1) is 11.8 Å². The second kappa shape index (κ2) is 8.45. The molecule has 1 aliphatic carbocycles. The maximum absolute atomic E-state index is 11.6. The molecule has 0 amide bonds. The van der Waals surface area contributed by atoms with Gasteiger partial charge in [-0.25, -0.2) is 0 Å². The second-order valence-electron chi connectivity index (χ2n) is 13.1. The highest BCUT2D eigenvalue weighted by Gasteiger charge is 2.54. The SMILES string of the molecule is C/C(=C1/Nc2ccc3ccccc3c2C1(C)C)C1C(O)C(/C(C)=C2\Nc3ccc4ccccc4c3C2(C)C)C1O. The first kappa shape index (κ1) is 25.4. The Kier molecular flexibility index (Phi) is 5.36. The summed E-state index contributed by atoms with van der Waals surface area (Å²) in [6.45, 7) is 13.1. The van der Waals surface area contributed by atoms with Crippen LogP contribution in [-0.4, -0.2) is 22.4 Å². The first-order valence-corrected chi connectivity index (χ1v) is 14.4. The van der Waals surface area contributed by atoms with Crippen LogP contribution in [0.25, 0.3) is 21.5 Å². The van der Waals surface area contributed by atoms with E-state index in [4.69, 9.17) is 0 Å². The summed E-state index contributed by atoms with van der Waals surface area (Å²) in [5.41, 5.74) is 8.48. The zero-order valence-electron chi connectivity index (χ0n) is 24.1. The molecule has 1 saturated carbocycles. The molecule has 2 heterocycles. The Hall–Kier alpha value is -3.60. The van der Waals surface area contributed by atoms with E-state index >= 15 is 0 Å². The minimum absolute atomic E-state index is 0.268. The van der Waals surface area contributed by atoms with Crippen LogP contribution in [0.4, 0.5) is 11.4 Å². The number of aliphatic hydroxyl groups excluding tert-OH is 2. The molecule has 1 fully saturated rings. The van der Waals surface area contributed by atoms with E-state index in [-0.39, 0.29) is 22.7 Å². The van der Waals surface area contributed by atoms with Crippen molar-refractivity contribution in [2.45, 2.75) is 64.6 Å². The van der Waals surface area contributed by atoms with Gasteiger partial charge < -0.3 is 20.8 Å². The molecule has 0 atom stereocenters. The van der Waals surface area contributed by atoms with Crippen molar-refractivity contribution in [3.63, 3.8) is 0 Å². The molecule has 4 N–H and O–H groups in total. The number of hydrogen-bond acceptors (Lipinski definition) is 4. The third kappa shape index (κ3) is 3.27. The van der Waals surface area contributed by atoms with Gasteiger partial charge in [0.2, 0.25) is 0 Å². The molecular weight excluding hydrogens is 492 g/mol. The van der Waals surface area contributed by atoms with E-state index in [1.165, 1.54) is 32.7 Å². The van der Waals surface area contributed by atoms with E-state index in [2.05, 4.69) is 125 Å². The van der Waals surface area contributed by atoms with Crippen molar-refractivity contribution < 1.29 is 10.2 Å². The topological polar surface area (TPSA) is 64.5 Å². The van der Waals surface area contributed by atoms with E-state index in [0.29, 0.717) is 0 Å². The van der Waals surface area contributed by atoms with Gasteiger partial charge in [0.15, 0.2) is 0 Å². The van der Waals surface area contributed by atoms with E-state index in [0.717, 1.165) is 33.9 Å². The van der Waals surface area contributed by atoms with E-state index < -0.39 is 12.2 Å². The fourth-order valence-corrected chi connectivity index (χ4v) is 8.18. The van der Waals surface area contributed by atoms with Crippen molar-refractivity contribution >= 4 is 32.9 Å². The van der Waals surface area contributed by atoms with Gasteiger partial charge in [0, 0.05) is 45.4 Å². The number of aliphatic hydroxyl groups is 2. The standard InChI is InChI=1S/C36H38N2O2/c1-19(33-35(3,4)29-23-13-9-7-11-21(23)15-17-25(29)37-33)27-31(39)28(32(27)40)20(2)34-36(5,6)30-24-14-10-8-12-22(24)16-18-26(30)38-34/h7-18,27-28,31-32,37-40H,1-6H3/b33-19-,34-20-. The van der Waals surface area contributed by atoms with Crippen molar-refractivity contribution in [3.8, 4) is 0 Å². The summed E-state index contributed by atoms with van der Waals surface area (Å²) >= 11 is 0. The lowest BCUT2D eigenvalue weighted by molar-refractivity contribution is -0.120. The number of fused-ring (bicyclic) bond motifs is 6. The summed E-state index contributed by atoms with van der Waals surface area (Å²) in [6.07, 6.45) is -1.32. The predicted octanol–water partition coefficient (Wildman–Crippen LogP) is 7.62. The fraction of sp³-hybridized carbons (Fsp3) is 0.333. The minimum atomic E-state index is -0.661. The normalized spacial score (nSPS) is 28.4. The predicted molar refractivity (Wildman–Crippen MR) is 166 cm³/mol. The van der Waals surface area contributed by atoms with Gasteiger partial charge in [0.1, 0.15) is 0 Å².